The maximum Gasteiger partial charge on any atom is 0.293 e. The van der Waals surface area contributed by atoms with Gasteiger partial charge in [0, 0.05) is 6.54 Å². The summed E-state index contributed by atoms with van der Waals surface area (Å²) >= 11 is 7.08. The van der Waals surface area contributed by atoms with Crippen LogP contribution in [0.1, 0.15) is 19.4 Å². The summed E-state index contributed by atoms with van der Waals surface area (Å²) in [5, 5.41) is 0.176. The molecule has 0 aromatic heterocycles. The average Bonchev–Trinajstić information content (AvgIpc) is 2.70. The van der Waals surface area contributed by atoms with Crippen LogP contribution in [0.25, 0.3) is 6.08 Å². The molecule has 0 saturated carbocycles. The van der Waals surface area contributed by atoms with Crippen molar-refractivity contribution in [3.63, 3.8) is 0 Å². The lowest BCUT2D eigenvalue weighted by Gasteiger charge is -2.11. The van der Waals surface area contributed by atoms with E-state index in [0.29, 0.717) is 15.7 Å². The number of amides is 2. The van der Waals surface area contributed by atoms with Crippen LogP contribution >= 0.6 is 23.4 Å². The maximum atomic E-state index is 12.1. The van der Waals surface area contributed by atoms with Crippen LogP contribution in [0.4, 0.5) is 4.79 Å². The van der Waals surface area contributed by atoms with Crippen LogP contribution in [0.2, 0.25) is 5.02 Å². The fourth-order valence-electron chi connectivity index (χ4n) is 1.89. The summed E-state index contributed by atoms with van der Waals surface area (Å²) in [6.07, 6.45) is 3.20. The van der Waals surface area contributed by atoms with Crippen LogP contribution < -0.4 is 4.74 Å². The summed E-state index contributed by atoms with van der Waals surface area (Å²) in [6, 6.07) is 5.26. The van der Waals surface area contributed by atoms with Crippen molar-refractivity contribution in [1.29, 1.82) is 0 Å². The Morgan fingerprint density at radius 2 is 2.14 bits per heavy atom. The Balaban J connectivity index is 2.23. The number of ether oxygens (including phenoxy) is 1. The third-order valence-corrected chi connectivity index (χ3v) is 4.00. The molecule has 1 aromatic rings. The smallest absolute Gasteiger partial charge is 0.293 e. The summed E-state index contributed by atoms with van der Waals surface area (Å²) in [5.74, 6) is 0.280. The molecule has 1 saturated heterocycles. The molecule has 0 bridgehead atoms. The van der Waals surface area contributed by atoms with Crippen LogP contribution in [0.5, 0.6) is 5.75 Å². The first kappa shape index (κ1) is 16.6. The second-order valence-corrected chi connectivity index (χ2v) is 6.34. The monoisotopic (exact) mass is 337 g/mol. The van der Waals surface area contributed by atoms with Crippen LogP contribution in [-0.2, 0) is 4.79 Å². The molecule has 1 aromatic carbocycles. The zero-order valence-electron chi connectivity index (χ0n) is 12.3. The Bertz CT molecular complexity index is 655. The molecular weight excluding hydrogens is 322 g/mol. The summed E-state index contributed by atoms with van der Waals surface area (Å²) in [5.41, 5.74) is 0.741. The molecule has 1 aliphatic heterocycles. The van der Waals surface area contributed by atoms with E-state index in [1.165, 1.54) is 6.08 Å². The number of rotatable bonds is 5. The molecular formula is C16H16ClNO3S. The normalized spacial score (nSPS) is 16.7. The van der Waals surface area contributed by atoms with Crippen molar-refractivity contribution in [2.45, 2.75) is 20.0 Å². The van der Waals surface area contributed by atoms with Crippen LogP contribution in [0.3, 0.4) is 0 Å². The lowest BCUT2D eigenvalue weighted by Crippen LogP contribution is -2.27. The van der Waals surface area contributed by atoms with Gasteiger partial charge in [0.25, 0.3) is 11.1 Å². The van der Waals surface area contributed by atoms with Gasteiger partial charge in [0.2, 0.25) is 0 Å². The standard InChI is InChI=1S/C16H16ClNO3S/c1-4-7-18-15(19)14(22-16(18)20)9-11-5-6-13(12(17)8-11)21-10(2)3/h4-6,8-10H,1,7H2,2-3H3/b14-9-. The second-order valence-electron chi connectivity index (χ2n) is 4.94. The first-order valence-corrected chi connectivity index (χ1v) is 7.94. The zero-order valence-corrected chi connectivity index (χ0v) is 13.9. The predicted octanol–water partition coefficient (Wildman–Crippen LogP) is 4.35. The number of benzene rings is 1. The lowest BCUT2D eigenvalue weighted by atomic mass is 10.2. The summed E-state index contributed by atoms with van der Waals surface area (Å²) in [6.45, 7) is 7.59. The highest BCUT2D eigenvalue weighted by Crippen LogP contribution is 2.33. The Labute approximate surface area is 138 Å². The Morgan fingerprint density at radius 3 is 2.73 bits per heavy atom. The van der Waals surface area contributed by atoms with Gasteiger partial charge in [0.15, 0.2) is 0 Å². The van der Waals surface area contributed by atoms with Crippen LogP contribution in [0.15, 0.2) is 35.8 Å². The topological polar surface area (TPSA) is 46.6 Å². The SMILES string of the molecule is C=CCN1C(=O)S/C(=C\c2ccc(OC(C)C)c(Cl)c2)C1=O. The van der Waals surface area contributed by atoms with Crippen molar-refractivity contribution in [2.24, 2.45) is 0 Å². The highest BCUT2D eigenvalue weighted by Gasteiger charge is 2.33. The number of thioether (sulfide) groups is 1. The molecule has 0 atom stereocenters. The molecule has 0 spiro atoms. The van der Waals surface area contributed by atoms with E-state index in [1.807, 2.05) is 13.8 Å². The number of hydrogen-bond donors (Lipinski definition) is 0. The first-order chi connectivity index (χ1) is 10.4. The van der Waals surface area contributed by atoms with Gasteiger partial charge >= 0.3 is 0 Å². The van der Waals surface area contributed by atoms with E-state index >= 15 is 0 Å². The van der Waals surface area contributed by atoms with Gasteiger partial charge in [-0.15, -0.1) is 6.58 Å². The number of carbonyl (C=O) groups is 2. The molecule has 1 fully saturated rings. The molecule has 1 heterocycles. The molecule has 0 unspecified atom stereocenters. The van der Waals surface area contributed by atoms with E-state index in [4.69, 9.17) is 16.3 Å². The maximum absolute atomic E-state index is 12.1. The van der Waals surface area contributed by atoms with E-state index in [0.717, 1.165) is 22.2 Å². The van der Waals surface area contributed by atoms with Gasteiger partial charge in [-0.1, -0.05) is 23.7 Å². The number of carbonyl (C=O) groups excluding carboxylic acids is 2. The predicted molar refractivity (Wildman–Crippen MR) is 90.1 cm³/mol. The fourth-order valence-corrected chi connectivity index (χ4v) is 2.98. The third-order valence-electron chi connectivity index (χ3n) is 2.80. The summed E-state index contributed by atoms with van der Waals surface area (Å²) in [4.78, 5) is 25.4. The van der Waals surface area contributed by atoms with Crippen LogP contribution in [0, 0.1) is 0 Å². The van der Waals surface area contributed by atoms with E-state index in [-0.39, 0.29) is 23.8 Å². The van der Waals surface area contributed by atoms with Gasteiger partial charge < -0.3 is 4.74 Å². The minimum absolute atomic E-state index is 0.0266. The molecule has 4 nitrogen and oxygen atoms in total. The van der Waals surface area contributed by atoms with E-state index < -0.39 is 0 Å². The number of halogens is 1. The van der Waals surface area contributed by atoms with Crippen molar-refractivity contribution in [2.75, 3.05) is 6.54 Å². The van der Waals surface area contributed by atoms with Crippen LogP contribution in [-0.4, -0.2) is 28.7 Å². The van der Waals surface area contributed by atoms with Gasteiger partial charge in [0.1, 0.15) is 5.75 Å². The Morgan fingerprint density at radius 1 is 1.41 bits per heavy atom. The molecule has 1 aliphatic rings. The van der Waals surface area contributed by atoms with E-state index in [9.17, 15) is 9.59 Å². The highest BCUT2D eigenvalue weighted by molar-refractivity contribution is 8.18. The van der Waals surface area contributed by atoms with E-state index in [1.54, 1.807) is 24.3 Å². The molecule has 22 heavy (non-hydrogen) atoms. The molecule has 2 amide bonds. The Kier molecular flexibility index (Phi) is 5.32. The molecule has 116 valence electrons. The van der Waals surface area contributed by atoms with Crippen molar-refractivity contribution in [3.8, 4) is 5.75 Å². The molecule has 0 aliphatic carbocycles. The van der Waals surface area contributed by atoms with E-state index in [2.05, 4.69) is 6.58 Å². The lowest BCUT2D eigenvalue weighted by molar-refractivity contribution is -0.122. The van der Waals surface area contributed by atoms with Gasteiger partial charge in [0.05, 0.1) is 16.0 Å². The van der Waals surface area contributed by atoms with Gasteiger partial charge in [-0.3, -0.25) is 14.5 Å². The van der Waals surface area contributed by atoms with Crippen molar-refractivity contribution < 1.29 is 14.3 Å². The largest absolute Gasteiger partial charge is 0.489 e. The van der Waals surface area contributed by atoms with Gasteiger partial charge in [-0.2, -0.15) is 0 Å². The number of nitrogens with zero attached hydrogens (tertiary/aromatic N) is 1. The van der Waals surface area contributed by atoms with Gasteiger partial charge in [-0.25, -0.2) is 0 Å². The third kappa shape index (κ3) is 3.72. The van der Waals surface area contributed by atoms with Crippen molar-refractivity contribution in [3.05, 3.63) is 46.3 Å². The molecule has 0 N–H and O–H groups in total. The molecule has 6 heteroatoms. The minimum Gasteiger partial charge on any atom is -0.489 e. The summed E-state index contributed by atoms with van der Waals surface area (Å²) in [7, 11) is 0. The summed E-state index contributed by atoms with van der Waals surface area (Å²) < 4.78 is 5.56. The zero-order chi connectivity index (χ0) is 16.3. The van der Waals surface area contributed by atoms with Gasteiger partial charge in [-0.05, 0) is 49.4 Å². The first-order valence-electron chi connectivity index (χ1n) is 6.75. The quantitative estimate of drug-likeness (QED) is 0.592. The second kappa shape index (κ2) is 7.03. The minimum atomic E-state index is -0.312. The Hall–Kier alpha value is -1.72. The van der Waals surface area contributed by atoms with Crippen molar-refractivity contribution in [1.82, 2.24) is 4.90 Å². The average molecular weight is 338 g/mol. The fraction of sp³-hybridized carbons (Fsp3) is 0.250. The number of hydrogen-bond acceptors (Lipinski definition) is 4. The molecule has 0 radical (unpaired) electrons. The highest BCUT2D eigenvalue weighted by atomic mass is 35.5. The molecule has 2 rings (SSSR count). The number of imide groups is 1. The van der Waals surface area contributed by atoms with Crippen molar-refractivity contribution >= 4 is 40.6 Å².